The molecule has 2 aromatic carbocycles. The minimum Gasteiger partial charge on any atom is -0.483 e. The van der Waals surface area contributed by atoms with Crippen LogP contribution in [0.3, 0.4) is 0 Å². The summed E-state index contributed by atoms with van der Waals surface area (Å²) in [6, 6.07) is 13.8. The molecule has 2 heterocycles. The molecule has 1 aromatic heterocycles. The van der Waals surface area contributed by atoms with Gasteiger partial charge in [0.2, 0.25) is 0 Å². The van der Waals surface area contributed by atoms with Gasteiger partial charge in [-0.3, -0.25) is 14.9 Å². The fraction of sp³-hybridized carbons (Fsp3) is 0.185. The van der Waals surface area contributed by atoms with Crippen LogP contribution < -0.4 is 20.8 Å². The van der Waals surface area contributed by atoms with E-state index in [1.54, 1.807) is 56.3 Å². The van der Waals surface area contributed by atoms with Crippen molar-refractivity contribution in [3.05, 3.63) is 92.3 Å². The summed E-state index contributed by atoms with van der Waals surface area (Å²) in [7, 11) is 0. The van der Waals surface area contributed by atoms with Crippen LogP contribution in [0.2, 0.25) is 5.02 Å². The van der Waals surface area contributed by atoms with E-state index in [1.165, 1.54) is 18.3 Å². The summed E-state index contributed by atoms with van der Waals surface area (Å²) in [4.78, 5) is 35.7. The molecular weight excluding hydrogens is 574 g/mol. The zero-order chi connectivity index (χ0) is 29.5. The van der Waals surface area contributed by atoms with E-state index in [4.69, 9.17) is 37.7 Å². The zero-order valence-corrected chi connectivity index (χ0v) is 23.4. The second-order valence-electron chi connectivity index (χ2n) is 8.54. The first kappa shape index (κ1) is 29.2. The zero-order valence-electron chi connectivity index (χ0n) is 21.8. The molecule has 0 spiro atoms. The van der Waals surface area contributed by atoms with Crippen molar-refractivity contribution in [1.82, 2.24) is 16.1 Å². The van der Waals surface area contributed by atoms with Crippen molar-refractivity contribution in [3.8, 4) is 17.1 Å². The first-order valence-corrected chi connectivity index (χ1v) is 13.0. The third-order valence-electron chi connectivity index (χ3n) is 5.79. The molecule has 1 amide bonds. The van der Waals surface area contributed by atoms with E-state index in [0.29, 0.717) is 44.8 Å². The number of rotatable bonds is 10. The average molecular weight is 598 g/mol. The lowest BCUT2D eigenvalue weighted by molar-refractivity contribution is -0.384. The van der Waals surface area contributed by atoms with E-state index in [1.807, 2.05) is 0 Å². The Morgan fingerprint density at radius 3 is 2.78 bits per heavy atom. The Balaban J connectivity index is 1.40. The smallest absolute Gasteiger partial charge is 0.338 e. The van der Waals surface area contributed by atoms with Gasteiger partial charge in [-0.15, -0.1) is 0 Å². The molecule has 1 aliphatic rings. The summed E-state index contributed by atoms with van der Waals surface area (Å²) < 4.78 is 16.6. The van der Waals surface area contributed by atoms with Crippen molar-refractivity contribution >= 4 is 52.7 Å². The number of allylic oxidation sites excluding steroid dienone is 1. The maximum absolute atomic E-state index is 12.7. The van der Waals surface area contributed by atoms with Crippen LogP contribution in [0.1, 0.15) is 31.2 Å². The number of nitro benzene ring substituents is 1. The van der Waals surface area contributed by atoms with Gasteiger partial charge in [0.05, 0.1) is 29.4 Å². The molecule has 14 heteroatoms. The lowest BCUT2D eigenvalue weighted by atomic mass is 9.95. The standard InChI is InChI=1S/C27H24ClN5O7S/c1-3-38-26(35)24-15(2)30-27(41)31-25(24)18-6-4-5-7-22(18)39-14-23(34)32-29-13-17-9-11-21(40-17)16-8-10-19(28)20(12-16)33(36)37/h4-13,25H,3,14H2,1-2H3,(H,32,34)(H2,30,31,41)/t25-/m0/s1. The Morgan fingerprint density at radius 2 is 2.02 bits per heavy atom. The molecule has 1 aliphatic heterocycles. The first-order valence-electron chi connectivity index (χ1n) is 12.2. The van der Waals surface area contributed by atoms with Crippen molar-refractivity contribution < 1.29 is 28.4 Å². The molecule has 3 N–H and O–H groups in total. The molecule has 0 bridgehead atoms. The highest BCUT2D eigenvalue weighted by atomic mass is 35.5. The van der Waals surface area contributed by atoms with Crippen LogP contribution in [0.25, 0.3) is 11.3 Å². The quantitative estimate of drug-likeness (QED) is 0.101. The number of nitrogens with zero attached hydrogens (tertiary/aromatic N) is 2. The van der Waals surface area contributed by atoms with Crippen LogP contribution in [0, 0.1) is 10.1 Å². The lowest BCUT2D eigenvalue weighted by Gasteiger charge is -2.30. The fourth-order valence-electron chi connectivity index (χ4n) is 3.98. The highest BCUT2D eigenvalue weighted by Gasteiger charge is 2.32. The highest BCUT2D eigenvalue weighted by Crippen LogP contribution is 2.34. The van der Waals surface area contributed by atoms with Crippen LogP contribution in [0.15, 0.2) is 75.4 Å². The van der Waals surface area contributed by atoms with E-state index in [2.05, 4.69) is 21.2 Å². The van der Waals surface area contributed by atoms with Gasteiger partial charge in [-0.1, -0.05) is 29.8 Å². The van der Waals surface area contributed by atoms with E-state index >= 15 is 0 Å². The number of benzene rings is 2. The maximum atomic E-state index is 12.7. The SMILES string of the molecule is CCOC(=O)C1=C(C)NC(=S)N[C@H]1c1ccccc1OCC(=O)NN=Cc1ccc(-c2ccc(Cl)c([N+](=O)[O-])c2)o1. The van der Waals surface area contributed by atoms with Gasteiger partial charge in [-0.05, 0) is 56.4 Å². The highest BCUT2D eigenvalue weighted by molar-refractivity contribution is 7.80. The Bertz CT molecular complexity index is 1570. The topological polar surface area (TPSA) is 157 Å². The number of para-hydroxylation sites is 1. The van der Waals surface area contributed by atoms with Gasteiger partial charge in [0.1, 0.15) is 22.3 Å². The number of hydrazone groups is 1. The number of thiocarbonyl (C=S) groups is 1. The molecule has 0 unspecified atom stereocenters. The van der Waals surface area contributed by atoms with E-state index in [9.17, 15) is 19.7 Å². The molecule has 0 saturated heterocycles. The average Bonchev–Trinajstić information content (AvgIpc) is 3.40. The van der Waals surface area contributed by atoms with Crippen LogP contribution in [-0.2, 0) is 14.3 Å². The number of nitro groups is 1. The molecule has 0 aliphatic carbocycles. The minimum atomic E-state index is -0.657. The lowest BCUT2D eigenvalue weighted by Crippen LogP contribution is -2.45. The second-order valence-corrected chi connectivity index (χ2v) is 9.35. The Hall–Kier alpha value is -4.75. The van der Waals surface area contributed by atoms with Gasteiger partial charge in [0, 0.05) is 22.9 Å². The molecule has 212 valence electrons. The second kappa shape index (κ2) is 13.1. The summed E-state index contributed by atoms with van der Waals surface area (Å²) in [5, 5.41) is 21.4. The molecule has 12 nitrogen and oxygen atoms in total. The Kier molecular flexibility index (Phi) is 9.32. The van der Waals surface area contributed by atoms with Gasteiger partial charge >= 0.3 is 5.97 Å². The third-order valence-corrected chi connectivity index (χ3v) is 6.33. The maximum Gasteiger partial charge on any atom is 0.338 e. The number of hydrogen-bond acceptors (Lipinski definition) is 9. The number of furan rings is 1. The normalized spacial score (nSPS) is 14.8. The third kappa shape index (κ3) is 7.07. The summed E-state index contributed by atoms with van der Waals surface area (Å²) in [6.45, 7) is 3.27. The Labute approximate surface area is 244 Å². The van der Waals surface area contributed by atoms with Gasteiger partial charge in [0.15, 0.2) is 11.7 Å². The monoisotopic (exact) mass is 597 g/mol. The van der Waals surface area contributed by atoms with Gasteiger partial charge in [0.25, 0.3) is 11.6 Å². The summed E-state index contributed by atoms with van der Waals surface area (Å²) in [6.07, 6.45) is 1.28. The minimum absolute atomic E-state index is 0.0149. The van der Waals surface area contributed by atoms with Crippen molar-refractivity contribution in [2.75, 3.05) is 13.2 Å². The number of hydrogen-bond donors (Lipinski definition) is 3. The van der Waals surface area contributed by atoms with Crippen LogP contribution >= 0.6 is 23.8 Å². The number of nitrogens with one attached hydrogen (secondary N) is 3. The largest absolute Gasteiger partial charge is 0.483 e. The first-order chi connectivity index (χ1) is 19.7. The molecule has 0 saturated carbocycles. The van der Waals surface area contributed by atoms with Gasteiger partial charge < -0.3 is 24.5 Å². The number of halogens is 1. The van der Waals surface area contributed by atoms with Gasteiger partial charge in [-0.25, -0.2) is 10.2 Å². The predicted molar refractivity (Wildman–Crippen MR) is 154 cm³/mol. The van der Waals surface area contributed by atoms with Crippen LogP contribution in [-0.4, -0.2) is 41.3 Å². The summed E-state index contributed by atoms with van der Waals surface area (Å²) >= 11 is 11.1. The summed E-state index contributed by atoms with van der Waals surface area (Å²) in [5.41, 5.74) is 4.04. The van der Waals surface area contributed by atoms with E-state index in [-0.39, 0.29) is 23.9 Å². The number of ether oxygens (including phenoxy) is 2. The summed E-state index contributed by atoms with van der Waals surface area (Å²) in [5.74, 6) is -0.0473. The molecule has 4 rings (SSSR count). The van der Waals surface area contributed by atoms with Crippen molar-refractivity contribution in [1.29, 1.82) is 0 Å². The number of carbonyl (C=O) groups excluding carboxylic acids is 2. The predicted octanol–water partition coefficient (Wildman–Crippen LogP) is 4.39. The number of amides is 1. The van der Waals surface area contributed by atoms with Crippen molar-refractivity contribution in [2.45, 2.75) is 19.9 Å². The van der Waals surface area contributed by atoms with Crippen LogP contribution in [0.4, 0.5) is 5.69 Å². The van der Waals surface area contributed by atoms with Crippen molar-refractivity contribution in [2.24, 2.45) is 5.10 Å². The number of esters is 1. The molecule has 0 fully saturated rings. The van der Waals surface area contributed by atoms with E-state index in [0.717, 1.165) is 0 Å². The molecular formula is C27H24ClN5O7S. The fourth-order valence-corrected chi connectivity index (χ4v) is 4.44. The van der Waals surface area contributed by atoms with Gasteiger partial charge in [-0.2, -0.15) is 5.10 Å². The van der Waals surface area contributed by atoms with E-state index < -0.39 is 22.8 Å². The molecule has 3 aromatic rings. The van der Waals surface area contributed by atoms with Crippen LogP contribution in [0.5, 0.6) is 5.75 Å². The van der Waals surface area contributed by atoms with Crippen molar-refractivity contribution in [3.63, 3.8) is 0 Å². The Morgan fingerprint density at radius 1 is 1.24 bits per heavy atom. The molecule has 0 radical (unpaired) electrons. The molecule has 41 heavy (non-hydrogen) atoms. The number of carbonyl (C=O) groups is 2. The molecule has 1 atom stereocenters.